The Morgan fingerprint density at radius 2 is 1.28 bits per heavy atom. The molecule has 2 N–H and O–H groups in total. The van der Waals surface area contributed by atoms with Crippen LogP contribution in [-0.4, -0.2) is 92.9 Å². The average molecular weight is 508 g/mol. The first-order valence-electron chi connectivity index (χ1n) is 6.23. The van der Waals surface area contributed by atoms with Crippen LogP contribution in [0.1, 0.15) is 52.4 Å². The molecule has 0 aromatic rings. The maximum absolute atomic E-state index is 10.8. The summed E-state index contributed by atoms with van der Waals surface area (Å²) in [4.78, 5) is 21.2. The van der Waals surface area contributed by atoms with Gasteiger partial charge in [0, 0.05) is 13.3 Å². The molecule has 0 rings (SSSR count). The van der Waals surface area contributed by atoms with E-state index >= 15 is 0 Å². The summed E-state index contributed by atoms with van der Waals surface area (Å²) in [5.41, 5.74) is 0. The van der Waals surface area contributed by atoms with Crippen molar-refractivity contribution in [3.63, 3.8) is 0 Å². The molecule has 0 fully saturated rings. The highest BCUT2D eigenvalue weighted by Gasteiger charge is 2.04. The molecule has 0 aliphatic heterocycles. The first kappa shape index (κ1) is 41.4. The second-order valence-electron chi connectivity index (χ2n) is 3.83. The van der Waals surface area contributed by atoms with Crippen molar-refractivity contribution in [1.29, 1.82) is 0 Å². The Bertz CT molecular complexity index is 389. The lowest BCUT2D eigenvalue weighted by molar-refractivity contribution is -0.158. The zero-order valence-corrected chi connectivity index (χ0v) is 16.5. The van der Waals surface area contributed by atoms with Crippen LogP contribution in [-0.2, 0) is 24.7 Å². The van der Waals surface area contributed by atoms with E-state index in [0.29, 0.717) is 6.42 Å². The minimum atomic E-state index is -4.67. The Balaban J connectivity index is -0.0000000638. The fourth-order valence-corrected chi connectivity index (χ4v) is 1.08. The minimum absolute atomic E-state index is 0. The molecule has 0 heterocycles. The first-order chi connectivity index (χ1) is 9.90. The van der Waals surface area contributed by atoms with Crippen molar-refractivity contribution in [3.8, 4) is 0 Å². The van der Waals surface area contributed by atoms with Gasteiger partial charge in [-0.25, -0.2) is 30.1 Å². The number of esters is 2. The largest absolute Gasteiger partial charge is 0.643 e. The molecule has 0 saturated heterocycles. The molecule has 7 nitrogen and oxygen atoms in total. The van der Waals surface area contributed by atoms with Crippen molar-refractivity contribution in [2.75, 3.05) is 0 Å². The molecule has 25 heavy (non-hydrogen) atoms. The Labute approximate surface area is 198 Å². The second-order valence-corrected chi connectivity index (χ2v) is 11.2. The van der Waals surface area contributed by atoms with Gasteiger partial charge in [-0.15, -0.1) is 0 Å². The molecular formula is C10H29Al4Cl3O7S. The van der Waals surface area contributed by atoms with Gasteiger partial charge in [0.2, 0.25) is 0 Å². The Hall–Kier alpha value is 2.01. The molecule has 0 aromatic heterocycles. The van der Waals surface area contributed by atoms with Crippen molar-refractivity contribution in [1.82, 2.24) is 0 Å². The Kier molecular flexibility index (Phi) is 46.7. The van der Waals surface area contributed by atoms with Crippen LogP contribution in [0.3, 0.4) is 0 Å². The number of unbranched alkanes of at least 4 members (excludes halogenated alkanes) is 4. The molecule has 0 aliphatic rings. The summed E-state index contributed by atoms with van der Waals surface area (Å²) in [6, 6.07) is 0. The van der Waals surface area contributed by atoms with E-state index in [9.17, 15) is 9.59 Å². The zero-order valence-electron chi connectivity index (χ0n) is 12.3. The predicted molar refractivity (Wildman–Crippen MR) is 117 cm³/mol. The van der Waals surface area contributed by atoms with Crippen LogP contribution in [0.4, 0.5) is 0 Å². The van der Waals surface area contributed by atoms with Crippen LogP contribution >= 0.6 is 30.1 Å². The summed E-state index contributed by atoms with van der Waals surface area (Å²) in [5, 5.41) is 0. The number of rotatable bonds is 6. The molecule has 0 unspecified atom stereocenters. The van der Waals surface area contributed by atoms with Gasteiger partial charge in [-0.2, -0.15) is 8.42 Å². The highest BCUT2D eigenvalue weighted by molar-refractivity contribution is 7.79. The quantitative estimate of drug-likeness (QED) is 0.170. The van der Waals surface area contributed by atoms with E-state index in [1.807, 2.05) is 0 Å². The van der Waals surface area contributed by atoms with E-state index in [1.54, 1.807) is 0 Å². The third-order valence-corrected chi connectivity index (χ3v) is 1.74. The predicted octanol–water partition coefficient (Wildman–Crippen LogP) is -0.0802. The molecule has 0 aliphatic carbocycles. The van der Waals surface area contributed by atoms with Gasteiger partial charge in [0.25, 0.3) is 0 Å². The van der Waals surface area contributed by atoms with Gasteiger partial charge in [0.05, 0.1) is 0 Å². The van der Waals surface area contributed by atoms with E-state index < -0.39 is 33.7 Å². The number of carbonyl (C=O) groups excluding carboxylic acids is 2. The SMILES string of the molecule is CCCCCCCC(=O)OC(C)=O.O=S(=O)(O)O.[AlH3].[AlH3].[AlH3].[Cl][Al]([Cl])[Cl]. The lowest BCUT2D eigenvalue weighted by Gasteiger charge is -1.99. The van der Waals surface area contributed by atoms with Gasteiger partial charge in [0.1, 0.15) is 0 Å². The summed E-state index contributed by atoms with van der Waals surface area (Å²) in [6.45, 7) is 3.39. The lowest BCUT2D eigenvalue weighted by atomic mass is 10.1. The van der Waals surface area contributed by atoms with Gasteiger partial charge in [0.15, 0.2) is 52.1 Å². The van der Waals surface area contributed by atoms with Crippen molar-refractivity contribution in [2.24, 2.45) is 0 Å². The molecule has 0 bridgehead atoms. The first-order valence-corrected chi connectivity index (χ1v) is 12.9. The van der Waals surface area contributed by atoms with Crippen LogP contribution in [0, 0.1) is 0 Å². The minimum Gasteiger partial charge on any atom is -0.393 e. The molecule has 0 amide bonds. The van der Waals surface area contributed by atoms with E-state index in [1.165, 1.54) is 19.8 Å². The van der Waals surface area contributed by atoms with Gasteiger partial charge < -0.3 is 4.74 Å². The summed E-state index contributed by atoms with van der Waals surface area (Å²) >= 11 is -1.72. The monoisotopic (exact) mass is 506 g/mol. The van der Waals surface area contributed by atoms with Gasteiger partial charge >= 0.3 is 33.7 Å². The molecule has 15 heteroatoms. The van der Waals surface area contributed by atoms with Crippen LogP contribution in [0.15, 0.2) is 0 Å². The van der Waals surface area contributed by atoms with Crippen LogP contribution < -0.4 is 0 Å². The van der Waals surface area contributed by atoms with Gasteiger partial charge in [-0.05, 0) is 6.42 Å². The average Bonchev–Trinajstić information content (AvgIpc) is 2.24. The number of hydrogen-bond acceptors (Lipinski definition) is 5. The molecular weight excluding hydrogens is 478 g/mol. The lowest BCUT2D eigenvalue weighted by Crippen LogP contribution is -2.08. The summed E-state index contributed by atoms with van der Waals surface area (Å²) in [7, 11) is 10.2. The van der Waals surface area contributed by atoms with Crippen LogP contribution in [0.5, 0.6) is 0 Å². The molecule has 150 valence electrons. The topological polar surface area (TPSA) is 118 Å². The third-order valence-electron chi connectivity index (χ3n) is 1.74. The van der Waals surface area contributed by atoms with Crippen molar-refractivity contribution >= 4 is 116 Å². The summed E-state index contributed by atoms with van der Waals surface area (Å²) < 4.78 is 36.0. The standard InChI is InChI=1S/C10H18O3.4Al.3ClH.H2O4S.9H/c1-3-4-5-6-7-8-10(12)13-9(2)11;;;;;;;;1-5(2,3)4;;;;;;;;;/h3-8H2,1-2H3;;;;;3*1H;(H2,1,2,3,4);;;;;;;;;/q;;;;+3;;;;;;;;;;;;;/p-3. The smallest absolute Gasteiger partial charge is 0.393 e. The zero-order chi connectivity index (χ0) is 18.2. The molecule has 0 saturated carbocycles. The number of hydrogen-bond donors (Lipinski definition) is 2. The van der Waals surface area contributed by atoms with E-state index in [-0.39, 0.29) is 52.1 Å². The number of carbonyl (C=O) groups is 2. The summed E-state index contributed by atoms with van der Waals surface area (Å²) in [5.74, 6) is -0.914. The van der Waals surface area contributed by atoms with Crippen LogP contribution in [0.2, 0.25) is 0 Å². The Morgan fingerprint density at radius 1 is 0.960 bits per heavy atom. The third kappa shape index (κ3) is 88.6. The molecule has 0 aromatic carbocycles. The van der Waals surface area contributed by atoms with E-state index in [0.717, 1.165) is 19.3 Å². The Morgan fingerprint density at radius 3 is 1.56 bits per heavy atom. The maximum atomic E-state index is 10.8. The maximum Gasteiger partial charge on any atom is 0.643 e. The van der Waals surface area contributed by atoms with E-state index in [4.69, 9.17) is 47.7 Å². The van der Waals surface area contributed by atoms with Crippen molar-refractivity contribution < 1.29 is 31.8 Å². The van der Waals surface area contributed by atoms with Crippen LogP contribution in [0.25, 0.3) is 0 Å². The molecule has 0 radical (unpaired) electrons. The second kappa shape index (κ2) is 28.2. The fourth-order valence-electron chi connectivity index (χ4n) is 1.08. The van der Waals surface area contributed by atoms with Gasteiger partial charge in [-0.1, -0.05) is 32.6 Å². The normalized spacial score (nSPS) is 8.44. The summed E-state index contributed by atoms with van der Waals surface area (Å²) in [6.07, 6.45) is 5.79. The van der Waals surface area contributed by atoms with E-state index in [2.05, 4.69) is 11.7 Å². The number of ether oxygens (including phenoxy) is 1. The van der Waals surface area contributed by atoms with Crippen molar-refractivity contribution in [3.05, 3.63) is 0 Å². The van der Waals surface area contributed by atoms with Gasteiger partial charge in [-0.3, -0.25) is 18.7 Å². The molecule has 0 atom stereocenters. The fraction of sp³-hybridized carbons (Fsp3) is 0.800. The number of halogens is 3. The highest BCUT2D eigenvalue weighted by Crippen LogP contribution is 2.05. The highest BCUT2D eigenvalue weighted by atomic mass is 35.8. The molecule has 0 spiro atoms. The van der Waals surface area contributed by atoms with Crippen molar-refractivity contribution in [2.45, 2.75) is 52.4 Å².